The van der Waals surface area contributed by atoms with Gasteiger partial charge >= 0.3 is 6.18 Å². The fourth-order valence-electron chi connectivity index (χ4n) is 1.25. The van der Waals surface area contributed by atoms with E-state index in [2.05, 4.69) is 0 Å². The molecule has 0 fully saturated rings. The zero-order valence-corrected chi connectivity index (χ0v) is 9.23. The van der Waals surface area contributed by atoms with Gasteiger partial charge in [-0.25, -0.2) is 0 Å². The lowest BCUT2D eigenvalue weighted by Crippen LogP contribution is -2.48. The molecule has 1 unspecified atom stereocenters. The van der Waals surface area contributed by atoms with Crippen LogP contribution in [0.4, 0.5) is 13.2 Å². The number of hydrogen-bond donors (Lipinski definition) is 2. The second-order valence-electron chi connectivity index (χ2n) is 3.53. The molecular weight excluding hydrogens is 243 g/mol. The molecule has 0 saturated carbocycles. The van der Waals surface area contributed by atoms with Crippen LogP contribution in [-0.2, 0) is 5.60 Å². The molecule has 90 valence electrons. The Kier molecular flexibility index (Phi) is 3.52. The van der Waals surface area contributed by atoms with Gasteiger partial charge in [0, 0.05) is 11.6 Å². The fourth-order valence-corrected chi connectivity index (χ4v) is 1.43. The van der Waals surface area contributed by atoms with Crippen molar-refractivity contribution in [3.63, 3.8) is 0 Å². The molecule has 0 spiro atoms. The van der Waals surface area contributed by atoms with Crippen LogP contribution < -0.4 is 5.73 Å². The van der Waals surface area contributed by atoms with E-state index in [1.807, 2.05) is 0 Å². The summed E-state index contributed by atoms with van der Waals surface area (Å²) in [4.78, 5) is 0. The monoisotopic (exact) mass is 253 g/mol. The predicted octanol–water partition coefficient (Wildman–Crippen LogP) is 2.36. The topological polar surface area (TPSA) is 46.2 Å². The zero-order chi connectivity index (χ0) is 12.6. The summed E-state index contributed by atoms with van der Waals surface area (Å²) in [6.07, 6.45) is -4.83. The third-order valence-electron chi connectivity index (χ3n) is 2.41. The highest BCUT2D eigenvalue weighted by Crippen LogP contribution is 2.39. The van der Waals surface area contributed by atoms with Gasteiger partial charge in [-0.2, -0.15) is 13.2 Å². The van der Waals surface area contributed by atoms with E-state index < -0.39 is 18.3 Å². The van der Waals surface area contributed by atoms with Gasteiger partial charge in [0.15, 0.2) is 5.60 Å². The maximum atomic E-state index is 12.6. The second-order valence-corrected chi connectivity index (χ2v) is 3.93. The zero-order valence-electron chi connectivity index (χ0n) is 8.48. The van der Waals surface area contributed by atoms with Gasteiger partial charge in [0.05, 0.1) is 0 Å². The molecule has 0 saturated heterocycles. The second kappa shape index (κ2) is 4.24. The third-order valence-corrected chi connectivity index (χ3v) is 2.82. The van der Waals surface area contributed by atoms with Crippen LogP contribution in [0.1, 0.15) is 11.1 Å². The minimum atomic E-state index is -4.83. The Labute approximate surface area is 95.8 Å². The van der Waals surface area contributed by atoms with Crippen molar-refractivity contribution in [2.45, 2.75) is 18.7 Å². The van der Waals surface area contributed by atoms with Crippen molar-refractivity contribution in [3.8, 4) is 0 Å². The molecule has 0 radical (unpaired) electrons. The molecule has 1 aromatic carbocycles. The largest absolute Gasteiger partial charge is 0.422 e. The molecular formula is C10H11ClF3NO. The first-order chi connectivity index (χ1) is 7.22. The summed E-state index contributed by atoms with van der Waals surface area (Å²) < 4.78 is 37.9. The highest BCUT2D eigenvalue weighted by Gasteiger charge is 2.54. The number of benzene rings is 1. The number of halogens is 4. The molecule has 0 heterocycles. The number of hydrogen-bond acceptors (Lipinski definition) is 2. The van der Waals surface area contributed by atoms with E-state index >= 15 is 0 Å². The van der Waals surface area contributed by atoms with Crippen LogP contribution in [0.5, 0.6) is 0 Å². The van der Waals surface area contributed by atoms with Crippen LogP contribution in [0.3, 0.4) is 0 Å². The Morgan fingerprint density at radius 3 is 2.31 bits per heavy atom. The van der Waals surface area contributed by atoms with E-state index in [4.69, 9.17) is 17.3 Å². The molecule has 3 N–H and O–H groups in total. The maximum Gasteiger partial charge on any atom is 0.422 e. The van der Waals surface area contributed by atoms with Crippen LogP contribution in [0.2, 0.25) is 5.02 Å². The van der Waals surface area contributed by atoms with Crippen LogP contribution in [0, 0.1) is 6.92 Å². The van der Waals surface area contributed by atoms with Gasteiger partial charge in [-0.3, -0.25) is 0 Å². The third kappa shape index (κ3) is 2.16. The number of nitrogens with two attached hydrogens (primary N) is 1. The van der Waals surface area contributed by atoms with E-state index in [0.717, 1.165) is 6.07 Å². The summed E-state index contributed by atoms with van der Waals surface area (Å²) >= 11 is 5.71. The van der Waals surface area contributed by atoms with E-state index in [9.17, 15) is 18.3 Å². The van der Waals surface area contributed by atoms with Gasteiger partial charge in [0.2, 0.25) is 0 Å². The fraction of sp³-hybridized carbons (Fsp3) is 0.400. The van der Waals surface area contributed by atoms with Gasteiger partial charge in [-0.15, -0.1) is 0 Å². The first-order valence-corrected chi connectivity index (χ1v) is 4.86. The summed E-state index contributed by atoms with van der Waals surface area (Å²) in [7, 11) is 0. The minimum Gasteiger partial charge on any atom is -0.375 e. The van der Waals surface area contributed by atoms with Gasteiger partial charge in [0.25, 0.3) is 0 Å². The summed E-state index contributed by atoms with van der Waals surface area (Å²) in [6, 6.07) is 3.66. The molecule has 0 amide bonds. The molecule has 1 rings (SSSR count). The summed E-state index contributed by atoms with van der Waals surface area (Å²) in [5, 5.41) is 9.70. The predicted molar refractivity (Wildman–Crippen MR) is 55.2 cm³/mol. The van der Waals surface area contributed by atoms with E-state index in [1.54, 1.807) is 6.92 Å². The molecule has 1 aromatic rings. The van der Waals surface area contributed by atoms with Crippen molar-refractivity contribution >= 4 is 11.6 Å². The minimum absolute atomic E-state index is 0.161. The quantitative estimate of drug-likeness (QED) is 0.850. The highest BCUT2D eigenvalue weighted by atomic mass is 35.5. The Morgan fingerprint density at radius 1 is 1.38 bits per heavy atom. The summed E-state index contributed by atoms with van der Waals surface area (Å²) in [5.74, 6) is 0. The lowest BCUT2D eigenvalue weighted by Gasteiger charge is -2.29. The van der Waals surface area contributed by atoms with Crippen molar-refractivity contribution < 1.29 is 18.3 Å². The molecule has 0 aliphatic heterocycles. The smallest absolute Gasteiger partial charge is 0.375 e. The van der Waals surface area contributed by atoms with Gasteiger partial charge in [0.1, 0.15) is 0 Å². The molecule has 0 aliphatic rings. The lowest BCUT2D eigenvalue weighted by molar-refractivity contribution is -0.262. The van der Waals surface area contributed by atoms with Crippen molar-refractivity contribution in [1.82, 2.24) is 0 Å². The average molecular weight is 254 g/mol. The van der Waals surface area contributed by atoms with Crippen LogP contribution in [0.15, 0.2) is 18.2 Å². The summed E-state index contributed by atoms with van der Waals surface area (Å²) in [6.45, 7) is 0.705. The Hall–Kier alpha value is -0.780. The van der Waals surface area contributed by atoms with E-state index in [1.165, 1.54) is 12.1 Å². The molecule has 0 aliphatic carbocycles. The standard InChI is InChI=1S/C10H11ClF3NO/c1-6-2-3-7(4-8(6)11)9(16,5-15)10(12,13)14/h2-4,16H,5,15H2,1H3. The molecule has 0 aromatic heterocycles. The van der Waals surface area contributed by atoms with E-state index in [0.29, 0.717) is 5.56 Å². The Bertz CT molecular complexity index is 394. The van der Waals surface area contributed by atoms with Gasteiger partial charge in [-0.05, 0) is 24.1 Å². The van der Waals surface area contributed by atoms with Crippen LogP contribution in [-0.4, -0.2) is 17.8 Å². The van der Waals surface area contributed by atoms with Crippen molar-refractivity contribution in [2.75, 3.05) is 6.54 Å². The first kappa shape index (κ1) is 13.3. The van der Waals surface area contributed by atoms with Crippen LogP contribution in [0.25, 0.3) is 0 Å². The number of alkyl halides is 3. The SMILES string of the molecule is Cc1ccc(C(O)(CN)C(F)(F)F)cc1Cl. The molecule has 6 heteroatoms. The van der Waals surface area contributed by atoms with E-state index in [-0.39, 0.29) is 10.6 Å². The number of rotatable bonds is 2. The van der Waals surface area contributed by atoms with Crippen molar-refractivity contribution in [1.29, 1.82) is 0 Å². The van der Waals surface area contributed by atoms with Crippen molar-refractivity contribution in [3.05, 3.63) is 34.3 Å². The molecule has 1 atom stereocenters. The Morgan fingerprint density at radius 2 is 1.94 bits per heavy atom. The number of aryl methyl sites for hydroxylation is 1. The highest BCUT2D eigenvalue weighted by molar-refractivity contribution is 6.31. The summed E-state index contributed by atoms with van der Waals surface area (Å²) in [5.41, 5.74) is 2.23. The van der Waals surface area contributed by atoms with Crippen molar-refractivity contribution in [2.24, 2.45) is 5.73 Å². The first-order valence-electron chi connectivity index (χ1n) is 4.48. The van der Waals surface area contributed by atoms with Gasteiger partial charge < -0.3 is 10.8 Å². The lowest BCUT2D eigenvalue weighted by atomic mass is 9.92. The molecule has 16 heavy (non-hydrogen) atoms. The normalized spacial score (nSPS) is 15.9. The molecule has 2 nitrogen and oxygen atoms in total. The van der Waals surface area contributed by atoms with Gasteiger partial charge in [-0.1, -0.05) is 23.7 Å². The average Bonchev–Trinajstić information content (AvgIpc) is 2.19. The number of aliphatic hydroxyl groups is 1. The Balaban J connectivity index is 3.29. The van der Waals surface area contributed by atoms with Crippen LogP contribution >= 0.6 is 11.6 Å². The maximum absolute atomic E-state index is 12.6. The molecule has 0 bridgehead atoms.